The summed E-state index contributed by atoms with van der Waals surface area (Å²) in [6.45, 7) is 0.753. The molecule has 0 saturated carbocycles. The van der Waals surface area contributed by atoms with Crippen molar-refractivity contribution in [1.29, 1.82) is 0 Å². The number of aliphatic hydroxyl groups excluding tert-OH is 1. The number of amides is 1. The quantitative estimate of drug-likeness (QED) is 0.870. The van der Waals surface area contributed by atoms with E-state index in [-0.39, 0.29) is 18.6 Å². The number of hydrogen-bond donors (Lipinski definition) is 1. The third-order valence-electron chi connectivity index (χ3n) is 3.68. The van der Waals surface area contributed by atoms with E-state index >= 15 is 0 Å². The molecule has 0 aliphatic carbocycles. The number of hydrogen-bond acceptors (Lipinski definition) is 2. The number of halogens is 1. The van der Waals surface area contributed by atoms with Crippen molar-refractivity contribution in [2.24, 2.45) is 0 Å². The Morgan fingerprint density at radius 1 is 1.35 bits per heavy atom. The summed E-state index contributed by atoms with van der Waals surface area (Å²) in [5.74, 6) is -0.0501. The molecule has 1 N–H and O–H groups in total. The molecule has 4 heteroatoms. The molecule has 0 radical (unpaired) electrons. The minimum Gasteiger partial charge on any atom is -0.394 e. The van der Waals surface area contributed by atoms with E-state index in [0.717, 1.165) is 37.8 Å². The SMILES string of the molecule is O=C(/C=C/c1ccccc1Cl)N1CCCCCC1CO. The molecule has 1 atom stereocenters. The van der Waals surface area contributed by atoms with E-state index in [4.69, 9.17) is 11.6 Å². The first kappa shape index (κ1) is 15.1. The van der Waals surface area contributed by atoms with Crippen molar-refractivity contribution in [3.63, 3.8) is 0 Å². The Balaban J connectivity index is 2.08. The van der Waals surface area contributed by atoms with Gasteiger partial charge in [0.1, 0.15) is 0 Å². The molecule has 108 valence electrons. The van der Waals surface area contributed by atoms with Crippen LogP contribution in [0.1, 0.15) is 31.2 Å². The summed E-state index contributed by atoms with van der Waals surface area (Å²) in [6, 6.07) is 7.36. The molecule has 1 saturated heterocycles. The van der Waals surface area contributed by atoms with Crippen molar-refractivity contribution < 1.29 is 9.90 Å². The predicted octanol–water partition coefficient (Wildman–Crippen LogP) is 3.12. The second-order valence-corrected chi connectivity index (χ2v) is 5.48. The van der Waals surface area contributed by atoms with Gasteiger partial charge in [-0.25, -0.2) is 0 Å². The Bertz CT molecular complexity index is 487. The van der Waals surface area contributed by atoms with Crippen LogP contribution in [-0.4, -0.2) is 35.1 Å². The van der Waals surface area contributed by atoms with Crippen LogP contribution in [0.2, 0.25) is 5.02 Å². The van der Waals surface area contributed by atoms with Gasteiger partial charge in [-0.2, -0.15) is 0 Å². The van der Waals surface area contributed by atoms with E-state index in [0.29, 0.717) is 5.02 Å². The van der Waals surface area contributed by atoms with E-state index in [1.807, 2.05) is 18.2 Å². The Hall–Kier alpha value is -1.32. The van der Waals surface area contributed by atoms with Crippen molar-refractivity contribution in [3.8, 4) is 0 Å². The summed E-state index contributed by atoms with van der Waals surface area (Å²) in [5.41, 5.74) is 0.831. The summed E-state index contributed by atoms with van der Waals surface area (Å²) in [7, 11) is 0. The molecular weight excluding hydrogens is 274 g/mol. The molecule has 20 heavy (non-hydrogen) atoms. The molecule has 3 nitrogen and oxygen atoms in total. The highest BCUT2D eigenvalue weighted by molar-refractivity contribution is 6.32. The lowest BCUT2D eigenvalue weighted by Gasteiger charge is -2.27. The first-order chi connectivity index (χ1) is 9.72. The maximum Gasteiger partial charge on any atom is 0.246 e. The highest BCUT2D eigenvalue weighted by Gasteiger charge is 2.23. The summed E-state index contributed by atoms with van der Waals surface area (Å²) in [6.07, 6.45) is 7.36. The molecule has 1 unspecified atom stereocenters. The average Bonchev–Trinajstić information content (AvgIpc) is 2.71. The summed E-state index contributed by atoms with van der Waals surface area (Å²) in [5, 5.41) is 10.1. The van der Waals surface area contributed by atoms with Crippen molar-refractivity contribution in [1.82, 2.24) is 4.90 Å². The normalized spacial score (nSPS) is 20.1. The van der Waals surface area contributed by atoms with Crippen LogP contribution in [0.3, 0.4) is 0 Å². The molecule has 0 bridgehead atoms. The van der Waals surface area contributed by atoms with Crippen molar-refractivity contribution in [3.05, 3.63) is 40.9 Å². The number of rotatable bonds is 3. The monoisotopic (exact) mass is 293 g/mol. The number of nitrogens with zero attached hydrogens (tertiary/aromatic N) is 1. The van der Waals surface area contributed by atoms with Gasteiger partial charge in [0, 0.05) is 17.6 Å². The van der Waals surface area contributed by atoms with Gasteiger partial charge < -0.3 is 10.0 Å². The Kier molecular flexibility index (Phi) is 5.62. The molecule has 1 aromatic carbocycles. The zero-order valence-corrected chi connectivity index (χ0v) is 12.2. The molecular formula is C16H20ClNO2. The topological polar surface area (TPSA) is 40.5 Å². The van der Waals surface area contributed by atoms with Gasteiger partial charge >= 0.3 is 0 Å². The third-order valence-corrected chi connectivity index (χ3v) is 4.03. The van der Waals surface area contributed by atoms with Crippen molar-refractivity contribution >= 4 is 23.6 Å². The molecule has 1 amide bonds. The zero-order valence-electron chi connectivity index (χ0n) is 11.5. The maximum absolute atomic E-state index is 12.3. The summed E-state index contributed by atoms with van der Waals surface area (Å²) in [4.78, 5) is 14.1. The third kappa shape index (κ3) is 3.84. The van der Waals surface area contributed by atoms with E-state index in [1.165, 1.54) is 0 Å². The number of aliphatic hydroxyl groups is 1. The van der Waals surface area contributed by atoms with Crippen LogP contribution in [0.15, 0.2) is 30.3 Å². The highest BCUT2D eigenvalue weighted by Crippen LogP contribution is 2.19. The first-order valence-corrected chi connectivity index (χ1v) is 7.44. The fraction of sp³-hybridized carbons (Fsp3) is 0.438. The number of benzene rings is 1. The molecule has 2 rings (SSSR count). The minimum absolute atomic E-state index is 0.0334. The molecule has 1 aliphatic rings. The lowest BCUT2D eigenvalue weighted by atomic mass is 10.1. The van der Waals surface area contributed by atoms with Gasteiger partial charge in [0.2, 0.25) is 5.91 Å². The Morgan fingerprint density at radius 3 is 2.90 bits per heavy atom. The van der Waals surface area contributed by atoms with Gasteiger partial charge in [0.25, 0.3) is 0 Å². The summed E-state index contributed by atoms with van der Waals surface area (Å²) >= 11 is 6.06. The van der Waals surface area contributed by atoms with Crippen LogP contribution in [0, 0.1) is 0 Å². The number of carbonyl (C=O) groups excluding carboxylic acids is 1. The highest BCUT2D eigenvalue weighted by atomic mass is 35.5. The first-order valence-electron chi connectivity index (χ1n) is 7.06. The fourth-order valence-corrected chi connectivity index (χ4v) is 2.72. The van der Waals surface area contributed by atoms with Crippen LogP contribution in [0.25, 0.3) is 6.08 Å². The van der Waals surface area contributed by atoms with Crippen LogP contribution < -0.4 is 0 Å². The lowest BCUT2D eigenvalue weighted by molar-refractivity contribution is -0.129. The zero-order chi connectivity index (χ0) is 14.4. The van der Waals surface area contributed by atoms with Crippen molar-refractivity contribution in [2.45, 2.75) is 31.7 Å². The predicted molar refractivity (Wildman–Crippen MR) is 81.5 cm³/mol. The summed E-state index contributed by atoms with van der Waals surface area (Å²) < 4.78 is 0. The van der Waals surface area contributed by atoms with E-state index in [2.05, 4.69) is 0 Å². The smallest absolute Gasteiger partial charge is 0.246 e. The lowest BCUT2D eigenvalue weighted by Crippen LogP contribution is -2.41. The van der Waals surface area contributed by atoms with Crippen LogP contribution in [-0.2, 0) is 4.79 Å². The standard InChI is InChI=1S/C16H20ClNO2/c17-15-8-4-3-6-13(15)9-10-16(20)18-11-5-1-2-7-14(18)12-19/h3-4,6,8-10,14,19H,1-2,5,7,11-12H2/b10-9+. The van der Waals surface area contributed by atoms with E-state index < -0.39 is 0 Å². The molecule has 1 heterocycles. The van der Waals surface area contributed by atoms with Gasteiger partial charge in [0.15, 0.2) is 0 Å². The van der Waals surface area contributed by atoms with Gasteiger partial charge in [-0.15, -0.1) is 0 Å². The largest absolute Gasteiger partial charge is 0.394 e. The van der Waals surface area contributed by atoms with Gasteiger partial charge in [-0.05, 0) is 30.5 Å². The van der Waals surface area contributed by atoms with Gasteiger partial charge in [0.05, 0.1) is 12.6 Å². The molecule has 1 fully saturated rings. The Labute approximate surface area is 124 Å². The number of carbonyl (C=O) groups is 1. The average molecular weight is 294 g/mol. The molecule has 1 aromatic rings. The van der Waals surface area contributed by atoms with Gasteiger partial charge in [-0.3, -0.25) is 4.79 Å². The Morgan fingerprint density at radius 2 is 2.15 bits per heavy atom. The van der Waals surface area contributed by atoms with Gasteiger partial charge in [-0.1, -0.05) is 42.6 Å². The van der Waals surface area contributed by atoms with E-state index in [1.54, 1.807) is 23.1 Å². The number of likely N-dealkylation sites (tertiary alicyclic amines) is 1. The maximum atomic E-state index is 12.3. The second-order valence-electron chi connectivity index (χ2n) is 5.07. The fourth-order valence-electron chi connectivity index (χ4n) is 2.52. The second kappa shape index (κ2) is 7.46. The van der Waals surface area contributed by atoms with Crippen molar-refractivity contribution in [2.75, 3.05) is 13.2 Å². The molecule has 0 spiro atoms. The molecule has 0 aromatic heterocycles. The minimum atomic E-state index is -0.0547. The van der Waals surface area contributed by atoms with E-state index in [9.17, 15) is 9.90 Å². The van der Waals surface area contributed by atoms with Crippen LogP contribution in [0.5, 0.6) is 0 Å². The van der Waals surface area contributed by atoms with Crippen LogP contribution >= 0.6 is 11.6 Å². The van der Waals surface area contributed by atoms with Crippen LogP contribution in [0.4, 0.5) is 0 Å². The molecule has 1 aliphatic heterocycles.